The highest BCUT2D eigenvalue weighted by atomic mass is 16.7. The van der Waals surface area contributed by atoms with Gasteiger partial charge in [0.05, 0.1) is 13.2 Å². The molecule has 0 aromatic heterocycles. The zero-order valence-corrected chi connectivity index (χ0v) is 18.8. The molecule has 0 aromatic rings. The summed E-state index contributed by atoms with van der Waals surface area (Å²) < 4.78 is 15.5. The number of methoxy groups -OCH3 is 3. The molecule has 0 aliphatic rings. The fourth-order valence-corrected chi connectivity index (χ4v) is 3.20. The first-order chi connectivity index (χ1) is 13.9. The summed E-state index contributed by atoms with van der Waals surface area (Å²) in [4.78, 5) is 23.5. The monoisotopic (exact) mass is 412 g/mol. The van der Waals surface area contributed by atoms with Crippen molar-refractivity contribution in [2.45, 2.75) is 77.6 Å². The maximum Gasteiger partial charge on any atom is 0.305 e. The van der Waals surface area contributed by atoms with Crippen molar-refractivity contribution < 1.29 is 28.9 Å². The van der Waals surface area contributed by atoms with Crippen LogP contribution >= 0.6 is 0 Å². The van der Waals surface area contributed by atoms with Crippen LogP contribution in [0, 0.1) is 11.8 Å². The molecule has 3 atom stereocenters. The van der Waals surface area contributed by atoms with E-state index in [9.17, 15) is 14.7 Å². The van der Waals surface area contributed by atoms with Gasteiger partial charge in [-0.05, 0) is 32.6 Å². The van der Waals surface area contributed by atoms with E-state index >= 15 is 0 Å². The van der Waals surface area contributed by atoms with E-state index < -0.39 is 12.4 Å². The summed E-state index contributed by atoms with van der Waals surface area (Å²) in [6.45, 7) is 3.69. The van der Waals surface area contributed by atoms with Gasteiger partial charge in [-0.2, -0.15) is 0 Å². The SMILES string of the molecule is CCCCCC(O)/C=C/[C@@H](C(OC)OC)[C@H](C/C=C\CCCC(=O)OC)C(C)=O. The van der Waals surface area contributed by atoms with E-state index in [1.807, 2.05) is 18.2 Å². The van der Waals surface area contributed by atoms with Crippen LogP contribution in [0.25, 0.3) is 0 Å². The summed E-state index contributed by atoms with van der Waals surface area (Å²) in [6.07, 6.45) is 12.7. The molecule has 6 nitrogen and oxygen atoms in total. The Balaban J connectivity index is 5.00. The van der Waals surface area contributed by atoms with Gasteiger partial charge in [-0.3, -0.25) is 9.59 Å². The van der Waals surface area contributed by atoms with E-state index in [-0.39, 0.29) is 23.6 Å². The molecule has 6 heteroatoms. The summed E-state index contributed by atoms with van der Waals surface area (Å²) in [5.41, 5.74) is 0. The van der Waals surface area contributed by atoms with E-state index in [2.05, 4.69) is 11.7 Å². The number of unbranched alkanes of at least 4 members (excludes halogenated alkanes) is 3. The van der Waals surface area contributed by atoms with Crippen LogP contribution in [0.5, 0.6) is 0 Å². The molecule has 1 unspecified atom stereocenters. The average molecular weight is 413 g/mol. The lowest BCUT2D eigenvalue weighted by atomic mass is 9.84. The zero-order valence-electron chi connectivity index (χ0n) is 18.8. The number of aliphatic hydroxyl groups excluding tert-OH is 1. The molecule has 0 bridgehead atoms. The van der Waals surface area contributed by atoms with E-state index in [0.717, 1.165) is 25.7 Å². The Morgan fingerprint density at radius 1 is 1.00 bits per heavy atom. The fourth-order valence-electron chi connectivity index (χ4n) is 3.20. The molecule has 0 amide bonds. The van der Waals surface area contributed by atoms with Crippen LogP contribution < -0.4 is 0 Å². The van der Waals surface area contributed by atoms with Crippen molar-refractivity contribution in [3.63, 3.8) is 0 Å². The molecule has 0 radical (unpaired) electrons. The largest absolute Gasteiger partial charge is 0.469 e. The highest BCUT2D eigenvalue weighted by molar-refractivity contribution is 5.79. The molecular weight excluding hydrogens is 372 g/mol. The Morgan fingerprint density at radius 2 is 1.69 bits per heavy atom. The maximum absolute atomic E-state index is 12.3. The number of carbonyl (C=O) groups excluding carboxylic acids is 2. The van der Waals surface area contributed by atoms with E-state index in [4.69, 9.17) is 9.47 Å². The van der Waals surface area contributed by atoms with Crippen molar-refractivity contribution in [2.24, 2.45) is 11.8 Å². The minimum Gasteiger partial charge on any atom is -0.469 e. The van der Waals surface area contributed by atoms with Gasteiger partial charge in [0.2, 0.25) is 0 Å². The standard InChI is InChI=1S/C23H40O6/c1-6-7-10-13-19(25)16-17-21(23(28-4)29-5)20(18(2)24)14-11-8-9-12-15-22(26)27-3/h8,11,16-17,19-21,23,25H,6-7,9-10,12-15H2,1-5H3/b11-8-,17-16+/t19?,20-,21-/m1/s1. The molecule has 0 rings (SSSR count). The van der Waals surface area contributed by atoms with Crippen LogP contribution in [-0.2, 0) is 23.8 Å². The first-order valence-corrected chi connectivity index (χ1v) is 10.5. The molecule has 0 aliphatic heterocycles. The van der Waals surface area contributed by atoms with Gasteiger partial charge in [-0.25, -0.2) is 0 Å². The summed E-state index contributed by atoms with van der Waals surface area (Å²) in [5, 5.41) is 10.2. The van der Waals surface area contributed by atoms with E-state index in [1.54, 1.807) is 27.2 Å². The minimum absolute atomic E-state index is 0.0402. The van der Waals surface area contributed by atoms with Crippen LogP contribution in [0.4, 0.5) is 0 Å². The summed E-state index contributed by atoms with van der Waals surface area (Å²) in [5.74, 6) is -0.803. The number of rotatable bonds is 17. The molecular formula is C23H40O6. The zero-order chi connectivity index (χ0) is 22.1. The Kier molecular flexibility index (Phi) is 16.5. The topological polar surface area (TPSA) is 82.1 Å². The van der Waals surface area contributed by atoms with Gasteiger partial charge in [0, 0.05) is 32.5 Å². The van der Waals surface area contributed by atoms with Crippen molar-refractivity contribution >= 4 is 11.8 Å². The average Bonchev–Trinajstić information content (AvgIpc) is 2.70. The third kappa shape index (κ3) is 12.6. The number of allylic oxidation sites excluding steroid dienone is 2. The van der Waals surface area contributed by atoms with Crippen LogP contribution in [0.15, 0.2) is 24.3 Å². The van der Waals surface area contributed by atoms with Crippen molar-refractivity contribution in [2.75, 3.05) is 21.3 Å². The second-order valence-electron chi connectivity index (χ2n) is 7.26. The second-order valence-corrected chi connectivity index (χ2v) is 7.26. The van der Waals surface area contributed by atoms with Gasteiger partial charge in [0.25, 0.3) is 0 Å². The molecule has 29 heavy (non-hydrogen) atoms. The highest BCUT2D eigenvalue weighted by Gasteiger charge is 2.30. The predicted molar refractivity (Wildman–Crippen MR) is 114 cm³/mol. The lowest BCUT2D eigenvalue weighted by Crippen LogP contribution is -2.33. The first kappa shape index (κ1) is 27.5. The number of ketones is 1. The predicted octanol–water partition coefficient (Wildman–Crippen LogP) is 4.21. The third-order valence-corrected chi connectivity index (χ3v) is 4.96. The maximum atomic E-state index is 12.3. The normalized spacial score (nSPS) is 15.1. The van der Waals surface area contributed by atoms with Crippen LogP contribution in [0.1, 0.15) is 65.2 Å². The van der Waals surface area contributed by atoms with Crippen molar-refractivity contribution in [3.8, 4) is 0 Å². The van der Waals surface area contributed by atoms with E-state index in [0.29, 0.717) is 25.7 Å². The van der Waals surface area contributed by atoms with Gasteiger partial charge in [0.1, 0.15) is 5.78 Å². The third-order valence-electron chi connectivity index (χ3n) is 4.96. The number of aliphatic hydroxyl groups is 1. The molecule has 0 heterocycles. The molecule has 168 valence electrons. The van der Waals surface area contributed by atoms with Gasteiger partial charge in [0.15, 0.2) is 6.29 Å². The molecule has 0 aromatic carbocycles. The van der Waals surface area contributed by atoms with Gasteiger partial charge < -0.3 is 19.3 Å². The van der Waals surface area contributed by atoms with Crippen molar-refractivity contribution in [1.29, 1.82) is 0 Å². The number of ether oxygens (including phenoxy) is 3. The van der Waals surface area contributed by atoms with Gasteiger partial charge >= 0.3 is 5.97 Å². The smallest absolute Gasteiger partial charge is 0.305 e. The van der Waals surface area contributed by atoms with Gasteiger partial charge in [-0.1, -0.05) is 50.5 Å². The Bertz CT molecular complexity index is 496. The number of Topliss-reactive ketones (excluding diaryl/α,β-unsaturated/α-hetero) is 1. The number of hydrogen-bond donors (Lipinski definition) is 1. The van der Waals surface area contributed by atoms with Crippen LogP contribution in [-0.4, -0.2) is 50.6 Å². The molecule has 1 N–H and O–H groups in total. The quantitative estimate of drug-likeness (QED) is 0.167. The minimum atomic E-state index is -0.573. The van der Waals surface area contributed by atoms with E-state index in [1.165, 1.54) is 7.11 Å². The number of hydrogen-bond acceptors (Lipinski definition) is 6. The fraction of sp³-hybridized carbons (Fsp3) is 0.739. The Morgan fingerprint density at radius 3 is 2.24 bits per heavy atom. The lowest BCUT2D eigenvalue weighted by molar-refractivity contribution is -0.147. The molecule has 0 saturated heterocycles. The molecule has 0 aliphatic carbocycles. The Labute approximate surface area is 176 Å². The Hall–Kier alpha value is -1.50. The highest BCUT2D eigenvalue weighted by Crippen LogP contribution is 2.26. The summed E-state index contributed by atoms with van der Waals surface area (Å²) in [7, 11) is 4.48. The summed E-state index contributed by atoms with van der Waals surface area (Å²) in [6, 6.07) is 0. The lowest BCUT2D eigenvalue weighted by Gasteiger charge is -2.28. The van der Waals surface area contributed by atoms with Crippen LogP contribution in [0.3, 0.4) is 0 Å². The van der Waals surface area contributed by atoms with Crippen molar-refractivity contribution in [1.82, 2.24) is 0 Å². The van der Waals surface area contributed by atoms with Crippen molar-refractivity contribution in [3.05, 3.63) is 24.3 Å². The summed E-state index contributed by atoms with van der Waals surface area (Å²) >= 11 is 0. The molecule has 0 spiro atoms. The number of carbonyl (C=O) groups is 2. The number of esters is 1. The van der Waals surface area contributed by atoms with Gasteiger partial charge in [-0.15, -0.1) is 0 Å². The molecule has 0 fully saturated rings. The first-order valence-electron chi connectivity index (χ1n) is 10.5. The van der Waals surface area contributed by atoms with Crippen LogP contribution in [0.2, 0.25) is 0 Å². The molecule has 0 saturated carbocycles. The second kappa shape index (κ2) is 17.4.